The molecule has 2 N–H and O–H groups in total. The molecule has 19 heavy (non-hydrogen) atoms. The molecule has 0 aliphatic heterocycles. The average molecular weight is 317 g/mol. The lowest BCUT2D eigenvalue weighted by Crippen LogP contribution is -2.04. The van der Waals surface area contributed by atoms with Crippen LogP contribution in [-0.2, 0) is 4.79 Å². The zero-order valence-electron chi connectivity index (χ0n) is 9.49. The highest BCUT2D eigenvalue weighted by Crippen LogP contribution is 2.38. The zero-order valence-corrected chi connectivity index (χ0v) is 11.8. The van der Waals surface area contributed by atoms with Crippen molar-refractivity contribution in [3.8, 4) is 11.3 Å². The van der Waals surface area contributed by atoms with Gasteiger partial charge in [0.2, 0.25) is 5.91 Å². The van der Waals surface area contributed by atoms with Gasteiger partial charge in [-0.3, -0.25) is 4.79 Å². The number of primary amides is 1. The Kier molecular flexibility index (Phi) is 4.20. The van der Waals surface area contributed by atoms with Gasteiger partial charge in [0.25, 0.3) is 0 Å². The Bertz CT molecular complexity index is 639. The normalized spacial score (nSPS) is 11.1. The first kappa shape index (κ1) is 14.0. The van der Waals surface area contributed by atoms with E-state index in [0.29, 0.717) is 32.2 Å². The first-order valence-corrected chi connectivity index (χ1v) is 6.33. The Morgan fingerprint density at radius 1 is 1.16 bits per heavy atom. The van der Waals surface area contributed by atoms with Crippen molar-refractivity contribution in [3.05, 3.63) is 51.2 Å². The van der Waals surface area contributed by atoms with Crippen LogP contribution in [0.2, 0.25) is 15.1 Å². The fourth-order valence-corrected chi connectivity index (χ4v) is 2.52. The number of hydrogen-bond acceptors (Lipinski definition) is 2. The number of amides is 1. The SMILES string of the molecule is NC(=O)/C=C\c1ccc(-c2c(Cl)cc(Cl)cc2Cl)o1. The van der Waals surface area contributed by atoms with Gasteiger partial charge in [-0.15, -0.1) is 0 Å². The summed E-state index contributed by atoms with van der Waals surface area (Å²) < 4.78 is 5.52. The van der Waals surface area contributed by atoms with E-state index in [4.69, 9.17) is 45.0 Å². The number of rotatable bonds is 3. The van der Waals surface area contributed by atoms with E-state index < -0.39 is 5.91 Å². The molecular weight excluding hydrogens is 309 g/mol. The Morgan fingerprint density at radius 3 is 2.37 bits per heavy atom. The predicted molar refractivity (Wildman–Crippen MR) is 77.4 cm³/mol. The molecule has 1 amide bonds. The van der Waals surface area contributed by atoms with Crippen LogP contribution in [0.1, 0.15) is 5.76 Å². The summed E-state index contributed by atoms with van der Waals surface area (Å²) in [5.41, 5.74) is 5.55. The summed E-state index contributed by atoms with van der Waals surface area (Å²) in [5.74, 6) is 0.396. The maximum atomic E-state index is 10.6. The second kappa shape index (κ2) is 5.70. The van der Waals surface area contributed by atoms with Crippen LogP contribution in [0.4, 0.5) is 0 Å². The summed E-state index contributed by atoms with van der Waals surface area (Å²) in [5, 5.41) is 1.22. The molecule has 1 aromatic carbocycles. The molecule has 0 saturated heterocycles. The topological polar surface area (TPSA) is 56.2 Å². The van der Waals surface area contributed by atoms with Crippen LogP contribution in [0.25, 0.3) is 17.4 Å². The number of halogens is 3. The number of carbonyl (C=O) groups excluding carboxylic acids is 1. The number of furan rings is 1. The molecule has 0 bridgehead atoms. The number of benzene rings is 1. The molecule has 0 aliphatic rings. The highest BCUT2D eigenvalue weighted by molar-refractivity contribution is 6.41. The average Bonchev–Trinajstić information content (AvgIpc) is 2.73. The molecule has 0 aliphatic carbocycles. The van der Waals surface area contributed by atoms with Crippen LogP contribution in [0.5, 0.6) is 0 Å². The van der Waals surface area contributed by atoms with E-state index in [0.717, 1.165) is 0 Å². The second-order valence-electron chi connectivity index (χ2n) is 3.68. The summed E-state index contributed by atoms with van der Waals surface area (Å²) in [6.07, 6.45) is 2.66. The van der Waals surface area contributed by atoms with Crippen LogP contribution >= 0.6 is 34.8 Å². The lowest BCUT2D eigenvalue weighted by molar-refractivity contribution is -0.113. The minimum atomic E-state index is -0.555. The van der Waals surface area contributed by atoms with E-state index in [1.54, 1.807) is 24.3 Å². The van der Waals surface area contributed by atoms with E-state index in [2.05, 4.69) is 0 Å². The molecule has 2 aromatic rings. The quantitative estimate of drug-likeness (QED) is 0.853. The van der Waals surface area contributed by atoms with Gasteiger partial charge in [-0.05, 0) is 30.3 Å². The van der Waals surface area contributed by atoms with Crippen LogP contribution in [0.3, 0.4) is 0 Å². The summed E-state index contributed by atoms with van der Waals surface area (Å²) in [6, 6.07) is 6.52. The van der Waals surface area contributed by atoms with Gasteiger partial charge in [-0.2, -0.15) is 0 Å². The fourth-order valence-electron chi connectivity index (χ4n) is 1.52. The lowest BCUT2D eigenvalue weighted by atomic mass is 10.2. The van der Waals surface area contributed by atoms with Crippen LogP contribution in [0.15, 0.2) is 34.8 Å². The van der Waals surface area contributed by atoms with Crippen molar-refractivity contribution < 1.29 is 9.21 Å². The molecule has 2 rings (SSSR count). The fraction of sp³-hybridized carbons (Fsp3) is 0. The van der Waals surface area contributed by atoms with Crippen molar-refractivity contribution in [2.75, 3.05) is 0 Å². The lowest BCUT2D eigenvalue weighted by Gasteiger charge is -2.04. The van der Waals surface area contributed by atoms with Gasteiger partial charge in [-0.25, -0.2) is 0 Å². The molecule has 0 atom stereocenters. The van der Waals surface area contributed by atoms with Crippen LogP contribution in [-0.4, -0.2) is 5.91 Å². The summed E-state index contributed by atoms with van der Waals surface area (Å²) >= 11 is 18.0. The van der Waals surface area contributed by atoms with Gasteiger partial charge >= 0.3 is 0 Å². The number of hydrogen-bond donors (Lipinski definition) is 1. The molecule has 0 saturated carbocycles. The van der Waals surface area contributed by atoms with Crippen LogP contribution in [0, 0.1) is 0 Å². The van der Waals surface area contributed by atoms with E-state index in [1.165, 1.54) is 12.2 Å². The van der Waals surface area contributed by atoms with Crippen molar-refractivity contribution in [2.45, 2.75) is 0 Å². The van der Waals surface area contributed by atoms with Gasteiger partial charge in [0.1, 0.15) is 11.5 Å². The second-order valence-corrected chi connectivity index (χ2v) is 4.93. The molecule has 6 heteroatoms. The third-order valence-corrected chi connectivity index (χ3v) is 3.11. The van der Waals surface area contributed by atoms with Crippen LogP contribution < -0.4 is 5.73 Å². The van der Waals surface area contributed by atoms with Gasteiger partial charge < -0.3 is 10.2 Å². The van der Waals surface area contributed by atoms with Gasteiger partial charge in [0.15, 0.2) is 0 Å². The molecule has 0 spiro atoms. The summed E-state index contributed by atoms with van der Waals surface area (Å²) in [4.78, 5) is 10.6. The van der Waals surface area contributed by atoms with Gasteiger partial charge in [0.05, 0.1) is 15.6 Å². The largest absolute Gasteiger partial charge is 0.457 e. The minimum Gasteiger partial charge on any atom is -0.457 e. The number of carbonyl (C=O) groups is 1. The highest BCUT2D eigenvalue weighted by Gasteiger charge is 2.13. The zero-order chi connectivity index (χ0) is 14.0. The number of nitrogens with two attached hydrogens (primary N) is 1. The standard InChI is InChI=1S/C13H8Cl3NO2/c14-7-5-9(15)13(10(16)6-7)11-3-1-8(19-11)2-4-12(17)18/h1-6H,(H2,17,18)/b4-2-. The van der Waals surface area contributed by atoms with Crippen molar-refractivity contribution in [3.63, 3.8) is 0 Å². The van der Waals surface area contributed by atoms with Gasteiger partial charge in [-0.1, -0.05) is 34.8 Å². The van der Waals surface area contributed by atoms with E-state index in [1.807, 2.05) is 0 Å². The third-order valence-electron chi connectivity index (χ3n) is 2.29. The Hall–Kier alpha value is -1.42. The third kappa shape index (κ3) is 3.32. The highest BCUT2D eigenvalue weighted by atomic mass is 35.5. The van der Waals surface area contributed by atoms with E-state index in [-0.39, 0.29) is 0 Å². The molecule has 1 aromatic heterocycles. The van der Waals surface area contributed by atoms with Crippen molar-refractivity contribution >= 4 is 46.8 Å². The molecule has 0 fully saturated rings. The molecule has 0 unspecified atom stereocenters. The predicted octanol–water partition coefficient (Wildman–Crippen LogP) is 4.41. The van der Waals surface area contributed by atoms with Crippen molar-refractivity contribution in [1.82, 2.24) is 0 Å². The maximum Gasteiger partial charge on any atom is 0.241 e. The molecule has 98 valence electrons. The first-order chi connectivity index (χ1) is 8.97. The van der Waals surface area contributed by atoms with E-state index >= 15 is 0 Å². The molecule has 3 nitrogen and oxygen atoms in total. The maximum absolute atomic E-state index is 10.6. The molecule has 0 radical (unpaired) electrons. The smallest absolute Gasteiger partial charge is 0.241 e. The first-order valence-electron chi connectivity index (χ1n) is 5.19. The summed E-state index contributed by atoms with van der Waals surface area (Å²) in [6.45, 7) is 0. The van der Waals surface area contributed by atoms with E-state index in [9.17, 15) is 4.79 Å². The Labute approximate surface area is 124 Å². The Balaban J connectivity index is 2.41. The van der Waals surface area contributed by atoms with Crippen molar-refractivity contribution in [1.29, 1.82) is 0 Å². The van der Waals surface area contributed by atoms with Crippen molar-refractivity contribution in [2.24, 2.45) is 5.73 Å². The minimum absolute atomic E-state index is 0.386. The Morgan fingerprint density at radius 2 is 1.79 bits per heavy atom. The monoisotopic (exact) mass is 315 g/mol. The molecule has 1 heterocycles. The summed E-state index contributed by atoms with van der Waals surface area (Å²) in [7, 11) is 0. The van der Waals surface area contributed by atoms with Gasteiger partial charge in [0, 0.05) is 11.1 Å². The molecular formula is C13H8Cl3NO2.